The van der Waals surface area contributed by atoms with Crippen LogP contribution in [0.4, 0.5) is 17.1 Å². The Labute approximate surface area is 458 Å². The Morgan fingerprint density at radius 2 is 0.577 bits per heavy atom. The molecule has 0 bridgehead atoms. The lowest BCUT2D eigenvalue weighted by molar-refractivity contribution is 0.661. The maximum atomic E-state index is 2.52. The van der Waals surface area contributed by atoms with Crippen LogP contribution in [-0.2, 0) is 16.2 Å². The van der Waals surface area contributed by atoms with Crippen LogP contribution in [0.15, 0.2) is 297 Å². The molecule has 1 nitrogen and oxygen atoms in total. The highest BCUT2D eigenvalue weighted by atomic mass is 15.1. The number of anilines is 3. The van der Waals surface area contributed by atoms with Gasteiger partial charge in [-0.25, -0.2) is 0 Å². The highest BCUT2D eigenvalue weighted by Gasteiger charge is 2.48. The average Bonchev–Trinajstić information content (AvgIpc) is 4.16. The number of nitrogens with zero attached hydrogens (tertiary/aromatic N) is 1. The summed E-state index contributed by atoms with van der Waals surface area (Å²) in [5.74, 6) is 0. The molecule has 0 amide bonds. The third-order valence-electron chi connectivity index (χ3n) is 17.6. The van der Waals surface area contributed by atoms with Crippen LogP contribution in [0, 0.1) is 0 Å². The molecule has 0 radical (unpaired) electrons. The van der Waals surface area contributed by atoms with Crippen molar-refractivity contribution in [3.05, 3.63) is 353 Å². The van der Waals surface area contributed by atoms with Gasteiger partial charge in [0, 0.05) is 16.8 Å². The molecular weight excluding hydrogens is 939 g/mol. The molecule has 0 N–H and O–H groups in total. The minimum Gasteiger partial charge on any atom is -0.310 e. The van der Waals surface area contributed by atoms with Crippen LogP contribution in [0.2, 0.25) is 0 Å². The summed E-state index contributed by atoms with van der Waals surface area (Å²) >= 11 is 0. The van der Waals surface area contributed by atoms with Crippen molar-refractivity contribution in [3.63, 3.8) is 0 Å². The number of benzene rings is 12. The van der Waals surface area contributed by atoms with Gasteiger partial charge in [0.1, 0.15) is 0 Å². The van der Waals surface area contributed by atoms with Gasteiger partial charge in [-0.3, -0.25) is 0 Å². The van der Waals surface area contributed by atoms with E-state index in [4.69, 9.17) is 0 Å². The molecule has 0 spiro atoms. The molecule has 12 aromatic rings. The van der Waals surface area contributed by atoms with Crippen molar-refractivity contribution in [1.82, 2.24) is 0 Å². The van der Waals surface area contributed by atoms with Crippen molar-refractivity contribution in [1.29, 1.82) is 0 Å². The first-order valence-electron chi connectivity index (χ1n) is 27.4. The Morgan fingerprint density at radius 3 is 1.01 bits per heavy atom. The Morgan fingerprint density at radius 1 is 0.244 bits per heavy atom. The molecule has 78 heavy (non-hydrogen) atoms. The molecule has 3 aliphatic carbocycles. The molecule has 0 unspecified atom stereocenters. The van der Waals surface area contributed by atoms with Crippen LogP contribution in [0.1, 0.15) is 69.5 Å². The molecule has 0 heterocycles. The zero-order chi connectivity index (χ0) is 52.0. The monoisotopic (exact) mass is 993 g/mol. The SMILES string of the molecule is CC1(C)c2ccccc2-c2cccc(N(c3cccc(-c4ccc5c(c4)-c4ccccc4C5(c4ccccc4)c4ccccc4)c3)c3cccc(-c4ccc5c(c4)-c4ccccc4C5(c4ccccc4)c4ccccc4)c3)c21. The first-order valence-corrected chi connectivity index (χ1v) is 27.4. The highest BCUT2D eigenvalue weighted by Crippen LogP contribution is 2.59. The van der Waals surface area contributed by atoms with Crippen molar-refractivity contribution in [3.8, 4) is 55.6 Å². The largest absolute Gasteiger partial charge is 0.310 e. The van der Waals surface area contributed by atoms with E-state index in [0.717, 1.165) is 11.4 Å². The van der Waals surface area contributed by atoms with Crippen molar-refractivity contribution in [2.75, 3.05) is 4.90 Å². The molecule has 0 fully saturated rings. The zero-order valence-corrected chi connectivity index (χ0v) is 43.7. The molecule has 0 atom stereocenters. The van der Waals surface area contributed by atoms with Crippen LogP contribution < -0.4 is 4.90 Å². The van der Waals surface area contributed by atoms with Gasteiger partial charge in [0.25, 0.3) is 0 Å². The van der Waals surface area contributed by atoms with E-state index >= 15 is 0 Å². The standard InChI is InChI=1S/C77H55N/c1-75(2)68-40-18-15-36-62(68)65-39-23-43-73(74(65)75)78(60-34-21-24-52(48-60)54-44-46-71-66(50-54)63-37-16-19-41-69(63)76(71,56-26-7-3-8-27-56)57-28-9-4-10-29-57)61-35-22-25-53(49-61)55-45-47-72-67(51-55)64-38-17-20-42-70(64)77(72,58-30-11-5-12-31-58)59-32-13-6-14-33-59/h3-51H,1-2H3. The Balaban J connectivity index is 0.898. The quantitative estimate of drug-likeness (QED) is 0.139. The fraction of sp³-hybridized carbons (Fsp3) is 0.0649. The molecule has 0 aliphatic heterocycles. The minimum atomic E-state index is -0.455. The topological polar surface area (TPSA) is 3.24 Å². The van der Waals surface area contributed by atoms with Gasteiger partial charge < -0.3 is 4.90 Å². The number of hydrogen-bond acceptors (Lipinski definition) is 1. The second-order valence-corrected chi connectivity index (χ2v) is 21.9. The molecular formula is C77H55N. The summed E-state index contributed by atoms with van der Waals surface area (Å²) in [4.78, 5) is 2.52. The summed E-state index contributed by atoms with van der Waals surface area (Å²) in [5, 5.41) is 0. The molecule has 1 heteroatoms. The van der Waals surface area contributed by atoms with E-state index in [1.807, 2.05) is 0 Å². The summed E-state index contributed by atoms with van der Waals surface area (Å²) in [6.45, 7) is 4.79. The zero-order valence-electron chi connectivity index (χ0n) is 43.7. The van der Waals surface area contributed by atoms with Crippen LogP contribution in [0.5, 0.6) is 0 Å². The van der Waals surface area contributed by atoms with E-state index in [1.165, 1.54) is 117 Å². The van der Waals surface area contributed by atoms with Crippen LogP contribution in [0.3, 0.4) is 0 Å². The molecule has 368 valence electrons. The molecule has 0 saturated heterocycles. The summed E-state index contributed by atoms with van der Waals surface area (Å²) in [6.07, 6.45) is 0. The summed E-state index contributed by atoms with van der Waals surface area (Å²) < 4.78 is 0. The Kier molecular flexibility index (Phi) is 10.4. The number of rotatable bonds is 9. The predicted molar refractivity (Wildman–Crippen MR) is 324 cm³/mol. The number of fused-ring (bicyclic) bond motifs is 9. The Hall–Kier alpha value is -9.56. The van der Waals surface area contributed by atoms with Crippen LogP contribution >= 0.6 is 0 Å². The summed E-state index contributed by atoms with van der Waals surface area (Å²) in [6, 6.07) is 111. The normalized spacial score (nSPS) is 14.3. The third kappa shape index (κ3) is 6.61. The fourth-order valence-electron chi connectivity index (χ4n) is 14.3. The Bertz CT molecular complexity index is 3980. The predicted octanol–water partition coefficient (Wildman–Crippen LogP) is 19.5. The second-order valence-electron chi connectivity index (χ2n) is 21.9. The van der Waals surface area contributed by atoms with E-state index in [0.29, 0.717) is 0 Å². The van der Waals surface area contributed by atoms with E-state index in [9.17, 15) is 0 Å². The minimum absolute atomic E-state index is 0.245. The van der Waals surface area contributed by atoms with E-state index in [1.54, 1.807) is 0 Å². The molecule has 0 saturated carbocycles. The first-order chi connectivity index (χ1) is 38.5. The summed E-state index contributed by atoms with van der Waals surface area (Å²) in [5.41, 5.74) is 27.6. The molecule has 0 aromatic heterocycles. The van der Waals surface area contributed by atoms with Gasteiger partial charge in [-0.05, 0) is 154 Å². The van der Waals surface area contributed by atoms with E-state index in [-0.39, 0.29) is 5.41 Å². The van der Waals surface area contributed by atoms with Gasteiger partial charge in [-0.15, -0.1) is 0 Å². The third-order valence-corrected chi connectivity index (χ3v) is 17.6. The van der Waals surface area contributed by atoms with Crippen LogP contribution in [-0.4, -0.2) is 0 Å². The lowest BCUT2D eigenvalue weighted by Gasteiger charge is -2.34. The van der Waals surface area contributed by atoms with Gasteiger partial charge in [-0.2, -0.15) is 0 Å². The van der Waals surface area contributed by atoms with Crippen molar-refractivity contribution in [2.45, 2.75) is 30.1 Å². The molecule has 15 rings (SSSR count). The maximum absolute atomic E-state index is 2.52. The fourth-order valence-corrected chi connectivity index (χ4v) is 14.3. The average molecular weight is 994 g/mol. The van der Waals surface area contributed by atoms with E-state index in [2.05, 4.69) is 316 Å². The van der Waals surface area contributed by atoms with Gasteiger partial charge in [0.05, 0.1) is 16.5 Å². The van der Waals surface area contributed by atoms with Gasteiger partial charge >= 0.3 is 0 Å². The van der Waals surface area contributed by atoms with Crippen LogP contribution in [0.25, 0.3) is 55.6 Å². The lowest BCUT2D eigenvalue weighted by atomic mass is 9.67. The van der Waals surface area contributed by atoms with Crippen molar-refractivity contribution in [2.24, 2.45) is 0 Å². The summed E-state index contributed by atoms with van der Waals surface area (Å²) in [7, 11) is 0. The van der Waals surface area contributed by atoms with Crippen molar-refractivity contribution < 1.29 is 0 Å². The first kappa shape index (κ1) is 45.8. The van der Waals surface area contributed by atoms with E-state index < -0.39 is 10.8 Å². The molecule has 12 aromatic carbocycles. The number of hydrogen-bond donors (Lipinski definition) is 0. The van der Waals surface area contributed by atoms with Gasteiger partial charge in [-0.1, -0.05) is 269 Å². The van der Waals surface area contributed by atoms with Gasteiger partial charge in [0.15, 0.2) is 0 Å². The lowest BCUT2D eigenvalue weighted by Crippen LogP contribution is -2.28. The molecule has 3 aliphatic rings. The second kappa shape index (κ2) is 17.8. The highest BCUT2D eigenvalue weighted by molar-refractivity contribution is 5.94. The smallest absolute Gasteiger partial charge is 0.0713 e. The van der Waals surface area contributed by atoms with Gasteiger partial charge in [0.2, 0.25) is 0 Å². The van der Waals surface area contributed by atoms with Crippen molar-refractivity contribution >= 4 is 17.1 Å². The maximum Gasteiger partial charge on any atom is 0.0713 e.